The van der Waals surface area contributed by atoms with Crippen LogP contribution in [0, 0.1) is 0 Å². The van der Waals surface area contributed by atoms with E-state index in [0.29, 0.717) is 13.0 Å². The summed E-state index contributed by atoms with van der Waals surface area (Å²) >= 11 is 0. The van der Waals surface area contributed by atoms with Crippen LogP contribution in [-0.2, 0) is 27.9 Å². The van der Waals surface area contributed by atoms with Crippen molar-refractivity contribution in [1.82, 2.24) is 0 Å². The highest BCUT2D eigenvalue weighted by molar-refractivity contribution is 7.47. The average Bonchev–Trinajstić information content (AvgIpc) is 3.09. The molecule has 0 aliphatic heterocycles. The largest absolute Gasteiger partial charge is 0.472 e. The third-order valence-electron chi connectivity index (χ3n) is 7.75. The third-order valence-corrected chi connectivity index (χ3v) is 8.70. The number of phosphoric ester groups is 1. The molecule has 0 spiro atoms. The average molecular weight is 715 g/mol. The van der Waals surface area contributed by atoms with Crippen molar-refractivity contribution >= 4 is 13.8 Å². The summed E-state index contributed by atoms with van der Waals surface area (Å²) in [5, 5.41) is 18.3. The van der Waals surface area contributed by atoms with Crippen LogP contribution in [0.25, 0.3) is 0 Å². The second-order valence-electron chi connectivity index (χ2n) is 12.6. The van der Waals surface area contributed by atoms with Gasteiger partial charge in [0.1, 0.15) is 12.2 Å². The molecular formula is C39H71O9P. The third kappa shape index (κ3) is 36.0. The Morgan fingerprint density at radius 2 is 1.16 bits per heavy atom. The van der Waals surface area contributed by atoms with E-state index >= 15 is 0 Å². The Morgan fingerprint density at radius 3 is 1.78 bits per heavy atom. The Balaban J connectivity index is 4.28. The number of allylic oxidation sites excluding steroid dienone is 8. The molecule has 0 amide bonds. The predicted octanol–water partition coefficient (Wildman–Crippen LogP) is 9.86. The molecule has 0 radical (unpaired) electrons. The van der Waals surface area contributed by atoms with Gasteiger partial charge in [-0.1, -0.05) is 120 Å². The summed E-state index contributed by atoms with van der Waals surface area (Å²) in [5.74, 6) is -0.404. The van der Waals surface area contributed by atoms with Crippen molar-refractivity contribution in [3.8, 4) is 0 Å². The molecule has 286 valence electrons. The van der Waals surface area contributed by atoms with Gasteiger partial charge < -0.3 is 24.6 Å². The fraction of sp³-hybridized carbons (Fsp3) is 0.769. The first-order chi connectivity index (χ1) is 23.8. The molecule has 0 fully saturated rings. The maximum absolute atomic E-state index is 12.5. The molecule has 3 N–H and O–H groups in total. The SMILES string of the molecule is CC/C=C\C/C=C\C/C=C\CCCCCCCC(=O)OC(COCCCCCCCC/C=C\CCCCC)COP(=O)(O)OCC(O)CO. The zero-order valence-corrected chi connectivity index (χ0v) is 31.8. The van der Waals surface area contributed by atoms with Gasteiger partial charge in [-0.15, -0.1) is 0 Å². The molecule has 0 aromatic rings. The smallest absolute Gasteiger partial charge is 0.457 e. The molecule has 10 heteroatoms. The Kier molecular flexibility index (Phi) is 35.1. The first-order valence-corrected chi connectivity index (χ1v) is 20.6. The van der Waals surface area contributed by atoms with Crippen LogP contribution < -0.4 is 0 Å². The van der Waals surface area contributed by atoms with Gasteiger partial charge in [0.15, 0.2) is 0 Å². The van der Waals surface area contributed by atoms with Crippen LogP contribution in [0.4, 0.5) is 0 Å². The molecule has 0 bridgehead atoms. The lowest BCUT2D eigenvalue weighted by molar-refractivity contribution is -0.154. The minimum atomic E-state index is -4.52. The van der Waals surface area contributed by atoms with Crippen LogP contribution in [0.3, 0.4) is 0 Å². The number of esters is 1. The molecule has 3 atom stereocenters. The molecule has 0 aromatic heterocycles. The molecule has 0 aromatic carbocycles. The van der Waals surface area contributed by atoms with E-state index in [9.17, 15) is 19.4 Å². The lowest BCUT2D eigenvalue weighted by Crippen LogP contribution is -2.29. The van der Waals surface area contributed by atoms with E-state index < -0.39 is 39.2 Å². The van der Waals surface area contributed by atoms with Crippen LogP contribution in [0.5, 0.6) is 0 Å². The van der Waals surface area contributed by atoms with Gasteiger partial charge in [-0.25, -0.2) is 4.57 Å². The Morgan fingerprint density at radius 1 is 0.653 bits per heavy atom. The number of aliphatic hydroxyl groups is 2. The van der Waals surface area contributed by atoms with Crippen molar-refractivity contribution in [3.05, 3.63) is 48.6 Å². The molecule has 0 aliphatic carbocycles. The van der Waals surface area contributed by atoms with Gasteiger partial charge in [-0.3, -0.25) is 13.8 Å². The Hall–Kier alpha value is -1.58. The number of phosphoric acid groups is 1. The van der Waals surface area contributed by atoms with E-state index in [0.717, 1.165) is 77.0 Å². The maximum atomic E-state index is 12.5. The summed E-state index contributed by atoms with van der Waals surface area (Å²) in [6.45, 7) is 3.33. The van der Waals surface area contributed by atoms with E-state index in [1.54, 1.807) is 0 Å². The molecule has 3 unspecified atom stereocenters. The van der Waals surface area contributed by atoms with Crippen LogP contribution >= 0.6 is 7.82 Å². The van der Waals surface area contributed by atoms with Crippen molar-refractivity contribution < 1.29 is 43.0 Å². The maximum Gasteiger partial charge on any atom is 0.472 e. The molecule has 0 heterocycles. The van der Waals surface area contributed by atoms with Gasteiger partial charge in [-0.05, 0) is 70.6 Å². The minimum absolute atomic E-state index is 0.0365. The summed E-state index contributed by atoms with van der Waals surface area (Å²) in [4.78, 5) is 22.5. The topological polar surface area (TPSA) is 132 Å². The molecular weight excluding hydrogens is 643 g/mol. The van der Waals surface area contributed by atoms with Gasteiger partial charge in [0.2, 0.25) is 0 Å². The fourth-order valence-electron chi connectivity index (χ4n) is 4.83. The van der Waals surface area contributed by atoms with E-state index in [1.807, 2.05) is 0 Å². The van der Waals surface area contributed by atoms with Crippen LogP contribution in [0.15, 0.2) is 48.6 Å². The number of ether oxygens (including phenoxy) is 2. The zero-order valence-electron chi connectivity index (χ0n) is 30.9. The van der Waals surface area contributed by atoms with Crippen molar-refractivity contribution in [2.75, 3.05) is 33.0 Å². The number of carbonyl (C=O) groups excluding carboxylic acids is 1. The molecule has 9 nitrogen and oxygen atoms in total. The molecule has 0 aliphatic rings. The normalized spacial score (nSPS) is 14.8. The lowest BCUT2D eigenvalue weighted by atomic mass is 10.1. The highest BCUT2D eigenvalue weighted by Crippen LogP contribution is 2.43. The van der Waals surface area contributed by atoms with Crippen LogP contribution in [0.2, 0.25) is 0 Å². The number of hydrogen-bond acceptors (Lipinski definition) is 8. The van der Waals surface area contributed by atoms with E-state index in [-0.39, 0.29) is 19.6 Å². The number of unbranched alkanes of at least 4 members (excludes halogenated alkanes) is 14. The van der Waals surface area contributed by atoms with Crippen molar-refractivity contribution in [3.63, 3.8) is 0 Å². The van der Waals surface area contributed by atoms with E-state index in [4.69, 9.17) is 23.6 Å². The van der Waals surface area contributed by atoms with Gasteiger partial charge in [0, 0.05) is 13.0 Å². The summed E-state index contributed by atoms with van der Waals surface area (Å²) < 4.78 is 33.2. The van der Waals surface area contributed by atoms with Crippen molar-refractivity contribution in [2.45, 2.75) is 161 Å². The molecule has 0 rings (SSSR count). The number of carbonyl (C=O) groups is 1. The first kappa shape index (κ1) is 47.4. The Labute approximate surface area is 298 Å². The molecule has 0 saturated carbocycles. The number of hydrogen-bond donors (Lipinski definition) is 3. The highest BCUT2D eigenvalue weighted by Gasteiger charge is 2.26. The van der Waals surface area contributed by atoms with Crippen molar-refractivity contribution in [1.29, 1.82) is 0 Å². The number of aliphatic hydroxyl groups excluding tert-OH is 2. The van der Waals surface area contributed by atoms with Gasteiger partial charge in [0.05, 0.1) is 26.4 Å². The number of rotatable bonds is 36. The van der Waals surface area contributed by atoms with Gasteiger partial charge in [0.25, 0.3) is 0 Å². The molecule has 49 heavy (non-hydrogen) atoms. The molecule has 0 saturated heterocycles. The lowest BCUT2D eigenvalue weighted by Gasteiger charge is -2.20. The van der Waals surface area contributed by atoms with Gasteiger partial charge in [-0.2, -0.15) is 0 Å². The standard InChI is InChI=1S/C39H71O9P/c1-3-5-7-9-11-13-15-17-18-19-21-23-25-27-29-31-39(42)48-38(36-47-49(43,44)46-34-37(41)33-40)35-45-32-30-28-26-24-22-20-16-14-12-10-8-6-4-2/h5,7,11-14,17-18,37-38,40-41H,3-4,6,8-10,15-16,19-36H2,1-2H3,(H,43,44)/b7-5-,13-11-,14-12-,18-17-. The summed E-state index contributed by atoms with van der Waals surface area (Å²) in [6, 6.07) is 0. The second-order valence-corrected chi connectivity index (χ2v) is 14.0. The summed E-state index contributed by atoms with van der Waals surface area (Å²) in [6.07, 6.45) is 37.8. The predicted molar refractivity (Wildman–Crippen MR) is 200 cm³/mol. The van der Waals surface area contributed by atoms with Crippen LogP contribution in [-0.4, -0.2) is 66.3 Å². The zero-order chi connectivity index (χ0) is 36.1. The van der Waals surface area contributed by atoms with E-state index in [1.165, 1.54) is 44.9 Å². The van der Waals surface area contributed by atoms with Crippen molar-refractivity contribution in [2.24, 2.45) is 0 Å². The van der Waals surface area contributed by atoms with Crippen LogP contribution in [0.1, 0.15) is 149 Å². The quantitative estimate of drug-likeness (QED) is 0.0251. The highest BCUT2D eigenvalue weighted by atomic mass is 31.2. The van der Waals surface area contributed by atoms with E-state index in [2.05, 4.69) is 62.5 Å². The first-order valence-electron chi connectivity index (χ1n) is 19.1. The summed E-state index contributed by atoms with van der Waals surface area (Å²) in [7, 11) is -4.52. The minimum Gasteiger partial charge on any atom is -0.457 e. The Bertz CT molecular complexity index is 903. The fourth-order valence-corrected chi connectivity index (χ4v) is 5.62. The monoisotopic (exact) mass is 714 g/mol. The second kappa shape index (κ2) is 36.2. The summed E-state index contributed by atoms with van der Waals surface area (Å²) in [5.41, 5.74) is 0. The van der Waals surface area contributed by atoms with Gasteiger partial charge >= 0.3 is 13.8 Å².